The smallest absolute Gasteiger partial charge is 0.408 e. The Morgan fingerprint density at radius 2 is 2.24 bits per heavy atom. The molecule has 0 aliphatic rings. The fraction of sp³-hybridized carbons (Fsp3) is 0.200. The summed E-state index contributed by atoms with van der Waals surface area (Å²) < 4.78 is 4.92. The Bertz CT molecular complexity index is 802. The largest absolute Gasteiger partial charge is 0.417 e. The second-order valence-corrected chi connectivity index (χ2v) is 5.73. The second-order valence-electron chi connectivity index (χ2n) is 4.70. The molecule has 6 heteroatoms. The van der Waals surface area contributed by atoms with Crippen molar-refractivity contribution < 1.29 is 9.21 Å². The first-order valence-corrected chi connectivity index (χ1v) is 7.49. The molecule has 2 heterocycles. The van der Waals surface area contributed by atoms with Gasteiger partial charge in [0.25, 0.3) is 0 Å². The Morgan fingerprint density at radius 1 is 1.33 bits per heavy atom. The van der Waals surface area contributed by atoms with E-state index in [0.717, 1.165) is 12.0 Å². The van der Waals surface area contributed by atoms with Gasteiger partial charge in [-0.05, 0) is 35.6 Å². The van der Waals surface area contributed by atoms with Crippen LogP contribution in [-0.2, 0) is 17.6 Å². The van der Waals surface area contributed by atoms with Crippen molar-refractivity contribution >= 4 is 28.3 Å². The molecule has 108 valence electrons. The number of carbonyl (C=O) groups is 1. The lowest BCUT2D eigenvalue weighted by atomic mass is 10.1. The molecule has 3 rings (SSSR count). The van der Waals surface area contributed by atoms with E-state index in [4.69, 9.17) is 4.42 Å². The number of oxazole rings is 1. The van der Waals surface area contributed by atoms with Crippen molar-refractivity contribution in [1.82, 2.24) is 10.3 Å². The first-order chi connectivity index (χ1) is 10.2. The van der Waals surface area contributed by atoms with Crippen LogP contribution in [0, 0.1) is 0 Å². The summed E-state index contributed by atoms with van der Waals surface area (Å²) in [5.41, 5.74) is 1.96. The third-order valence-electron chi connectivity index (χ3n) is 3.12. The van der Waals surface area contributed by atoms with Gasteiger partial charge in [0, 0.05) is 11.4 Å². The maximum Gasteiger partial charge on any atom is 0.417 e. The van der Waals surface area contributed by atoms with Gasteiger partial charge in [0.2, 0.25) is 5.91 Å². The molecule has 0 saturated heterocycles. The maximum atomic E-state index is 11.9. The molecular weight excluding hydrogens is 288 g/mol. The van der Waals surface area contributed by atoms with Gasteiger partial charge in [0.1, 0.15) is 0 Å². The molecule has 0 aliphatic carbocycles. The lowest BCUT2D eigenvalue weighted by Gasteiger charge is -2.04. The Kier molecular flexibility index (Phi) is 3.87. The minimum absolute atomic E-state index is 0.0308. The van der Waals surface area contributed by atoms with Crippen LogP contribution in [0.1, 0.15) is 10.4 Å². The number of thiophene rings is 1. The summed E-state index contributed by atoms with van der Waals surface area (Å²) >= 11 is 1.69. The van der Waals surface area contributed by atoms with Crippen molar-refractivity contribution in [2.45, 2.75) is 12.8 Å². The van der Waals surface area contributed by atoms with Crippen LogP contribution in [0.4, 0.5) is 0 Å². The number of rotatable bonds is 5. The molecule has 0 radical (unpaired) electrons. The number of nitrogens with one attached hydrogen (secondary N) is 2. The number of benzene rings is 1. The highest BCUT2D eigenvalue weighted by atomic mass is 32.1. The third-order valence-corrected chi connectivity index (χ3v) is 4.06. The number of hydrogen-bond donors (Lipinski definition) is 2. The van der Waals surface area contributed by atoms with Gasteiger partial charge in [-0.2, -0.15) is 0 Å². The average Bonchev–Trinajstić information content (AvgIpc) is 3.06. The SMILES string of the molecule is O=C(Cc1ccc2oc(=O)[nH]c2c1)NCCc1cccs1. The van der Waals surface area contributed by atoms with Gasteiger partial charge >= 0.3 is 5.76 Å². The number of hydrogen-bond acceptors (Lipinski definition) is 4. The van der Waals surface area contributed by atoms with Crippen molar-refractivity contribution in [3.05, 3.63) is 56.7 Å². The molecule has 0 unspecified atom stereocenters. The number of fused-ring (bicyclic) bond motifs is 1. The number of aromatic amines is 1. The molecule has 0 aliphatic heterocycles. The van der Waals surface area contributed by atoms with Gasteiger partial charge in [-0.1, -0.05) is 12.1 Å². The zero-order chi connectivity index (χ0) is 14.7. The zero-order valence-corrected chi connectivity index (χ0v) is 12.0. The van der Waals surface area contributed by atoms with Crippen LogP contribution in [0.15, 0.2) is 44.9 Å². The Hall–Kier alpha value is -2.34. The molecule has 0 atom stereocenters. The molecule has 1 amide bonds. The summed E-state index contributed by atoms with van der Waals surface area (Å²) in [7, 11) is 0. The van der Waals surface area contributed by atoms with E-state index in [0.29, 0.717) is 17.6 Å². The highest BCUT2D eigenvalue weighted by molar-refractivity contribution is 7.09. The van der Waals surface area contributed by atoms with Gasteiger partial charge in [0.05, 0.1) is 11.9 Å². The standard InChI is InChI=1S/C15H14N2O3S/c18-14(16-6-5-11-2-1-7-21-11)9-10-3-4-13-12(8-10)17-15(19)20-13/h1-4,7-8H,5-6,9H2,(H,16,18)(H,17,19). The first-order valence-electron chi connectivity index (χ1n) is 6.61. The van der Waals surface area contributed by atoms with Gasteiger partial charge in [-0.25, -0.2) is 4.79 Å². The first kappa shape index (κ1) is 13.6. The monoisotopic (exact) mass is 302 g/mol. The van der Waals surface area contributed by atoms with Crippen LogP contribution in [0.25, 0.3) is 11.1 Å². The Morgan fingerprint density at radius 3 is 3.05 bits per heavy atom. The van der Waals surface area contributed by atoms with Gasteiger partial charge in [-0.3, -0.25) is 9.78 Å². The van der Waals surface area contributed by atoms with E-state index in [1.165, 1.54) is 4.88 Å². The van der Waals surface area contributed by atoms with E-state index in [1.807, 2.05) is 11.4 Å². The predicted octanol–water partition coefficient (Wildman–Crippen LogP) is 2.08. The predicted molar refractivity (Wildman–Crippen MR) is 81.6 cm³/mol. The maximum absolute atomic E-state index is 11.9. The average molecular weight is 302 g/mol. The number of amides is 1. The van der Waals surface area contributed by atoms with Crippen LogP contribution < -0.4 is 11.1 Å². The zero-order valence-electron chi connectivity index (χ0n) is 11.2. The van der Waals surface area contributed by atoms with E-state index < -0.39 is 5.76 Å². The van der Waals surface area contributed by atoms with E-state index in [9.17, 15) is 9.59 Å². The highest BCUT2D eigenvalue weighted by Gasteiger charge is 2.06. The summed E-state index contributed by atoms with van der Waals surface area (Å²) in [5, 5.41) is 4.92. The van der Waals surface area contributed by atoms with Crippen LogP contribution in [0.2, 0.25) is 0 Å². The molecule has 1 aromatic carbocycles. The Labute approximate surface area is 124 Å². The third kappa shape index (κ3) is 3.41. The van der Waals surface area contributed by atoms with Crippen molar-refractivity contribution in [3.8, 4) is 0 Å². The van der Waals surface area contributed by atoms with E-state index in [2.05, 4.69) is 16.4 Å². The van der Waals surface area contributed by atoms with Crippen molar-refractivity contribution in [1.29, 1.82) is 0 Å². The fourth-order valence-electron chi connectivity index (χ4n) is 2.14. The summed E-state index contributed by atoms with van der Waals surface area (Å²) in [6, 6.07) is 9.31. The highest BCUT2D eigenvalue weighted by Crippen LogP contribution is 2.12. The molecule has 3 aromatic rings. The molecular formula is C15H14N2O3S. The summed E-state index contributed by atoms with van der Waals surface area (Å²) in [5.74, 6) is -0.515. The van der Waals surface area contributed by atoms with Crippen LogP contribution in [-0.4, -0.2) is 17.4 Å². The summed E-state index contributed by atoms with van der Waals surface area (Å²) in [6.07, 6.45) is 1.13. The number of aromatic nitrogens is 1. The summed E-state index contributed by atoms with van der Waals surface area (Å²) in [4.78, 5) is 26.8. The summed E-state index contributed by atoms with van der Waals surface area (Å²) in [6.45, 7) is 0.629. The van der Waals surface area contributed by atoms with Crippen molar-refractivity contribution in [2.75, 3.05) is 6.54 Å². The topological polar surface area (TPSA) is 75.1 Å². The van der Waals surface area contributed by atoms with Crippen LogP contribution in [0.3, 0.4) is 0 Å². The van der Waals surface area contributed by atoms with Gasteiger partial charge in [-0.15, -0.1) is 11.3 Å². The number of H-pyrrole nitrogens is 1. The normalized spacial score (nSPS) is 10.9. The molecule has 5 nitrogen and oxygen atoms in total. The van der Waals surface area contributed by atoms with Gasteiger partial charge < -0.3 is 9.73 Å². The molecule has 0 bridgehead atoms. The number of carbonyl (C=O) groups excluding carboxylic acids is 1. The second kappa shape index (κ2) is 5.97. The van der Waals surface area contributed by atoms with Crippen LogP contribution >= 0.6 is 11.3 Å². The molecule has 0 saturated carbocycles. The van der Waals surface area contributed by atoms with Crippen LogP contribution in [0.5, 0.6) is 0 Å². The van der Waals surface area contributed by atoms with E-state index >= 15 is 0 Å². The van der Waals surface area contributed by atoms with Gasteiger partial charge in [0.15, 0.2) is 5.58 Å². The van der Waals surface area contributed by atoms with E-state index in [-0.39, 0.29) is 12.3 Å². The fourth-order valence-corrected chi connectivity index (χ4v) is 2.85. The van der Waals surface area contributed by atoms with Crippen molar-refractivity contribution in [2.24, 2.45) is 0 Å². The molecule has 2 N–H and O–H groups in total. The van der Waals surface area contributed by atoms with E-state index in [1.54, 1.807) is 29.5 Å². The quantitative estimate of drug-likeness (QED) is 0.757. The molecule has 21 heavy (non-hydrogen) atoms. The van der Waals surface area contributed by atoms with Crippen molar-refractivity contribution in [3.63, 3.8) is 0 Å². The minimum Gasteiger partial charge on any atom is -0.408 e. The molecule has 0 fully saturated rings. The molecule has 2 aromatic heterocycles. The minimum atomic E-state index is -0.484. The molecule has 0 spiro atoms. The lowest BCUT2D eigenvalue weighted by Crippen LogP contribution is -2.27. The Balaban J connectivity index is 1.56. The lowest BCUT2D eigenvalue weighted by molar-refractivity contribution is -0.120.